The van der Waals surface area contributed by atoms with Crippen LogP contribution in [0.1, 0.15) is 19.3 Å². The third kappa shape index (κ3) is 5.22. The van der Waals surface area contributed by atoms with Gasteiger partial charge in [-0.3, -0.25) is 0 Å². The van der Waals surface area contributed by atoms with Crippen LogP contribution in [0.25, 0.3) is 0 Å². The first kappa shape index (κ1) is 14.0. The fourth-order valence-electron chi connectivity index (χ4n) is 1.30. The number of hydrogen-bond acceptors (Lipinski definition) is 2. The topological polar surface area (TPSA) is 18.5 Å². The van der Waals surface area contributed by atoms with Gasteiger partial charge in [-0.2, -0.15) is 0 Å². The Hall–Kier alpha value is 0.980. The molecule has 0 saturated heterocycles. The second-order valence-electron chi connectivity index (χ2n) is 3.66. The van der Waals surface area contributed by atoms with E-state index in [1.807, 2.05) is 0 Å². The number of alkyl halides is 3. The summed E-state index contributed by atoms with van der Waals surface area (Å²) in [6, 6.07) is 0. The van der Waals surface area contributed by atoms with Crippen molar-refractivity contribution in [3.63, 3.8) is 0 Å². The number of halogens is 3. The molecule has 0 aromatic carbocycles. The largest absolute Gasteiger partial charge is 0.376 e. The Balaban J connectivity index is 2.00. The van der Waals surface area contributed by atoms with Gasteiger partial charge in [0.1, 0.15) is 0 Å². The van der Waals surface area contributed by atoms with Gasteiger partial charge in [0, 0.05) is 11.8 Å². The molecule has 15 heavy (non-hydrogen) atoms. The summed E-state index contributed by atoms with van der Waals surface area (Å²) < 4.78 is 11.1. The Morgan fingerprint density at radius 2 is 1.93 bits per heavy atom. The summed E-state index contributed by atoms with van der Waals surface area (Å²) in [5.74, 6) is 0.951. The summed E-state index contributed by atoms with van der Waals surface area (Å²) in [6.07, 6.45) is 4.12. The van der Waals surface area contributed by atoms with Crippen LogP contribution < -0.4 is 0 Å². The number of hydrogen-bond donors (Lipinski definition) is 0. The van der Waals surface area contributed by atoms with E-state index in [-0.39, 0.29) is 10.9 Å². The van der Waals surface area contributed by atoms with Gasteiger partial charge in [0.15, 0.2) is 0 Å². The van der Waals surface area contributed by atoms with Gasteiger partial charge in [0.05, 0.1) is 30.2 Å². The van der Waals surface area contributed by atoms with Crippen molar-refractivity contribution < 1.29 is 9.47 Å². The molecule has 0 radical (unpaired) electrons. The first-order chi connectivity index (χ1) is 7.27. The Morgan fingerprint density at radius 3 is 2.40 bits per heavy atom. The van der Waals surface area contributed by atoms with E-state index in [9.17, 15) is 0 Å². The van der Waals surface area contributed by atoms with Crippen LogP contribution in [0.4, 0.5) is 0 Å². The minimum absolute atomic E-state index is 0.0332. The van der Waals surface area contributed by atoms with E-state index in [1.165, 1.54) is 19.3 Å². The molecule has 1 fully saturated rings. The molecule has 0 heterocycles. The number of ether oxygens (including phenoxy) is 2. The lowest BCUT2D eigenvalue weighted by Crippen LogP contribution is -2.30. The van der Waals surface area contributed by atoms with E-state index in [1.54, 1.807) is 0 Å². The molecule has 0 aliphatic heterocycles. The van der Waals surface area contributed by atoms with Gasteiger partial charge in [-0.1, -0.05) is 15.9 Å². The van der Waals surface area contributed by atoms with Crippen molar-refractivity contribution in [1.29, 1.82) is 0 Å². The smallest absolute Gasteiger partial charge is 0.0847 e. The van der Waals surface area contributed by atoms with E-state index < -0.39 is 0 Å². The van der Waals surface area contributed by atoms with Gasteiger partial charge >= 0.3 is 0 Å². The first-order valence-corrected chi connectivity index (χ1v) is 7.25. The molecular weight excluding hydrogens is 303 g/mol. The highest BCUT2D eigenvalue weighted by atomic mass is 79.9. The van der Waals surface area contributed by atoms with E-state index in [0.717, 1.165) is 0 Å². The van der Waals surface area contributed by atoms with Gasteiger partial charge < -0.3 is 9.47 Å². The average molecular weight is 320 g/mol. The Kier molecular flexibility index (Phi) is 7.61. The van der Waals surface area contributed by atoms with Gasteiger partial charge in [-0.15, -0.1) is 23.2 Å². The molecule has 0 aromatic rings. The molecule has 1 saturated carbocycles. The van der Waals surface area contributed by atoms with Crippen LogP contribution in [0, 0.1) is 0 Å². The minimum Gasteiger partial charge on any atom is -0.376 e. The van der Waals surface area contributed by atoms with Crippen molar-refractivity contribution in [2.24, 2.45) is 0 Å². The molecule has 0 bridgehead atoms. The minimum atomic E-state index is -0.0332. The summed E-state index contributed by atoms with van der Waals surface area (Å²) in [5, 5.41) is 0. The summed E-state index contributed by atoms with van der Waals surface area (Å²) >= 11 is 14.9. The van der Waals surface area contributed by atoms with E-state index >= 15 is 0 Å². The second-order valence-corrected chi connectivity index (χ2v) is 5.45. The molecule has 0 N–H and O–H groups in total. The fourth-order valence-corrected chi connectivity index (χ4v) is 2.35. The maximum Gasteiger partial charge on any atom is 0.0847 e. The van der Waals surface area contributed by atoms with Crippen LogP contribution in [0.2, 0.25) is 0 Å². The van der Waals surface area contributed by atoms with Crippen LogP contribution in [-0.4, -0.2) is 42.0 Å². The van der Waals surface area contributed by atoms with Gasteiger partial charge in [-0.25, -0.2) is 0 Å². The van der Waals surface area contributed by atoms with Crippen molar-refractivity contribution >= 4 is 39.1 Å². The molecule has 0 aromatic heterocycles. The molecule has 1 rings (SSSR count). The predicted octanol–water partition coefficient (Wildman–Crippen LogP) is 3.18. The molecule has 5 heteroatoms. The summed E-state index contributed by atoms with van der Waals surface area (Å²) in [5.41, 5.74) is 0. The second kappa shape index (κ2) is 8.13. The standard InChI is InChI=1S/C10H17BrCl2O2/c11-9(6-12)10(7-13)15-5-4-14-8-2-1-3-8/h8-10H,1-7H2. The zero-order chi connectivity index (χ0) is 11.1. The number of rotatable bonds is 8. The van der Waals surface area contributed by atoms with Crippen LogP contribution in [0.3, 0.4) is 0 Å². The molecule has 0 spiro atoms. The molecule has 90 valence electrons. The molecule has 1 aliphatic carbocycles. The van der Waals surface area contributed by atoms with Crippen LogP contribution in [-0.2, 0) is 9.47 Å². The first-order valence-electron chi connectivity index (χ1n) is 5.27. The summed E-state index contributed by atoms with van der Waals surface area (Å²) in [6.45, 7) is 1.24. The summed E-state index contributed by atoms with van der Waals surface area (Å²) in [4.78, 5) is 0.111. The van der Waals surface area contributed by atoms with Crippen LogP contribution >= 0.6 is 39.1 Å². The zero-order valence-corrected chi connectivity index (χ0v) is 11.7. The average Bonchev–Trinajstić information content (AvgIpc) is 2.20. The zero-order valence-electron chi connectivity index (χ0n) is 8.63. The van der Waals surface area contributed by atoms with Crippen molar-refractivity contribution in [2.75, 3.05) is 25.0 Å². The maximum absolute atomic E-state index is 5.77. The fraction of sp³-hybridized carbons (Fsp3) is 1.00. The third-order valence-corrected chi connectivity index (χ3v) is 4.45. The normalized spacial score (nSPS) is 21.0. The van der Waals surface area contributed by atoms with Gasteiger partial charge in [0.2, 0.25) is 0 Å². The van der Waals surface area contributed by atoms with Crippen molar-refractivity contribution in [3.8, 4) is 0 Å². The predicted molar refractivity (Wildman–Crippen MR) is 67.5 cm³/mol. The highest BCUT2D eigenvalue weighted by Gasteiger charge is 2.19. The molecule has 2 atom stereocenters. The summed E-state index contributed by atoms with van der Waals surface area (Å²) in [7, 11) is 0. The van der Waals surface area contributed by atoms with Gasteiger partial charge in [0.25, 0.3) is 0 Å². The maximum atomic E-state index is 5.77. The van der Waals surface area contributed by atoms with E-state index in [2.05, 4.69) is 15.9 Å². The Labute approximate surface area is 110 Å². The Bertz CT molecular complexity index is 168. The highest BCUT2D eigenvalue weighted by molar-refractivity contribution is 9.09. The lowest BCUT2D eigenvalue weighted by molar-refractivity contribution is -0.0410. The monoisotopic (exact) mass is 318 g/mol. The third-order valence-electron chi connectivity index (χ3n) is 2.52. The van der Waals surface area contributed by atoms with Gasteiger partial charge in [-0.05, 0) is 19.3 Å². The van der Waals surface area contributed by atoms with Crippen molar-refractivity contribution in [1.82, 2.24) is 0 Å². The molecule has 1 aliphatic rings. The van der Waals surface area contributed by atoms with Crippen LogP contribution in [0.5, 0.6) is 0 Å². The quantitative estimate of drug-likeness (QED) is 0.505. The lowest BCUT2D eigenvalue weighted by atomic mass is 9.96. The molecule has 2 unspecified atom stereocenters. The van der Waals surface area contributed by atoms with E-state index in [4.69, 9.17) is 32.7 Å². The van der Waals surface area contributed by atoms with Crippen LogP contribution in [0.15, 0.2) is 0 Å². The molecule has 2 nitrogen and oxygen atoms in total. The SMILES string of the molecule is ClCC(Br)C(CCl)OCCOC1CCC1. The van der Waals surface area contributed by atoms with E-state index in [0.29, 0.717) is 31.1 Å². The molecule has 0 amide bonds. The van der Waals surface area contributed by atoms with Crippen molar-refractivity contribution in [2.45, 2.75) is 36.3 Å². The van der Waals surface area contributed by atoms with Crippen molar-refractivity contribution in [3.05, 3.63) is 0 Å². The Morgan fingerprint density at radius 1 is 1.20 bits per heavy atom. The lowest BCUT2D eigenvalue weighted by Gasteiger charge is -2.26. The molecular formula is C10H17BrCl2O2. The highest BCUT2D eigenvalue weighted by Crippen LogP contribution is 2.21.